The molecule has 0 amide bonds. The molecular formula is C13H17FN4S. The number of hydrogen-bond acceptors (Lipinski definition) is 5. The molecule has 0 aliphatic heterocycles. The van der Waals surface area contributed by atoms with Crippen molar-refractivity contribution in [2.75, 3.05) is 17.2 Å². The Hall–Kier alpha value is -1.69. The van der Waals surface area contributed by atoms with Crippen LogP contribution in [0.2, 0.25) is 0 Å². The van der Waals surface area contributed by atoms with Crippen molar-refractivity contribution in [1.82, 2.24) is 9.97 Å². The first kappa shape index (κ1) is 13.7. The average molecular weight is 280 g/mol. The molecule has 0 aromatic carbocycles. The molecule has 0 bridgehead atoms. The van der Waals surface area contributed by atoms with Crippen molar-refractivity contribution in [3.63, 3.8) is 0 Å². The Morgan fingerprint density at radius 3 is 3.00 bits per heavy atom. The Morgan fingerprint density at radius 2 is 2.32 bits per heavy atom. The summed E-state index contributed by atoms with van der Waals surface area (Å²) in [5.41, 5.74) is 1.12. The fraction of sp³-hybridized carbons (Fsp3) is 0.385. The van der Waals surface area contributed by atoms with E-state index in [4.69, 9.17) is 0 Å². The van der Waals surface area contributed by atoms with E-state index in [1.807, 2.05) is 30.7 Å². The lowest BCUT2D eigenvalue weighted by molar-refractivity contribution is 0.614. The van der Waals surface area contributed by atoms with Crippen LogP contribution in [-0.2, 0) is 0 Å². The van der Waals surface area contributed by atoms with Gasteiger partial charge in [0.1, 0.15) is 0 Å². The topological polar surface area (TPSA) is 49.8 Å². The van der Waals surface area contributed by atoms with Crippen molar-refractivity contribution in [1.29, 1.82) is 0 Å². The lowest BCUT2D eigenvalue weighted by Gasteiger charge is -2.14. The minimum Gasteiger partial charge on any atom is -0.361 e. The van der Waals surface area contributed by atoms with Crippen molar-refractivity contribution < 1.29 is 4.39 Å². The second kappa shape index (κ2) is 6.47. The van der Waals surface area contributed by atoms with Gasteiger partial charge in [-0.2, -0.15) is 16.3 Å². The number of halogens is 1. The van der Waals surface area contributed by atoms with E-state index in [1.54, 1.807) is 11.3 Å². The maximum absolute atomic E-state index is 13.7. The van der Waals surface area contributed by atoms with Gasteiger partial charge in [-0.05, 0) is 35.7 Å². The highest BCUT2D eigenvalue weighted by molar-refractivity contribution is 7.07. The summed E-state index contributed by atoms with van der Waals surface area (Å²) < 4.78 is 13.7. The van der Waals surface area contributed by atoms with E-state index in [9.17, 15) is 4.39 Å². The molecule has 6 heteroatoms. The fourth-order valence-corrected chi connectivity index (χ4v) is 2.35. The first-order valence-corrected chi connectivity index (χ1v) is 7.20. The maximum Gasteiger partial charge on any atom is 0.224 e. The second-order valence-electron chi connectivity index (χ2n) is 4.24. The molecular weight excluding hydrogens is 263 g/mol. The number of thiophene rings is 1. The average Bonchev–Trinajstić information content (AvgIpc) is 2.93. The quantitative estimate of drug-likeness (QED) is 0.847. The standard InChI is InChI=1S/C13H17FN4S/c1-3-5-15-13-16-7-11(14)12(18-13)17-9(2)10-4-6-19-8-10/h4,6-9H,3,5H2,1-2H3,(H2,15,16,17,18). The Labute approximate surface area is 116 Å². The van der Waals surface area contributed by atoms with Crippen molar-refractivity contribution in [2.24, 2.45) is 0 Å². The van der Waals surface area contributed by atoms with Crippen LogP contribution in [0.15, 0.2) is 23.0 Å². The highest BCUT2D eigenvalue weighted by Gasteiger charge is 2.11. The van der Waals surface area contributed by atoms with Crippen LogP contribution in [0, 0.1) is 5.82 Å². The number of hydrogen-bond donors (Lipinski definition) is 2. The van der Waals surface area contributed by atoms with Crippen molar-refractivity contribution in [2.45, 2.75) is 26.3 Å². The molecule has 2 heterocycles. The van der Waals surface area contributed by atoms with E-state index in [0.717, 1.165) is 18.5 Å². The smallest absolute Gasteiger partial charge is 0.224 e. The summed E-state index contributed by atoms with van der Waals surface area (Å²) in [4.78, 5) is 8.07. The van der Waals surface area contributed by atoms with Crippen LogP contribution in [0.4, 0.5) is 16.2 Å². The predicted molar refractivity (Wildman–Crippen MR) is 77.1 cm³/mol. The monoisotopic (exact) mass is 280 g/mol. The third kappa shape index (κ3) is 3.64. The molecule has 0 saturated heterocycles. The Morgan fingerprint density at radius 1 is 1.47 bits per heavy atom. The van der Waals surface area contributed by atoms with E-state index >= 15 is 0 Å². The summed E-state index contributed by atoms with van der Waals surface area (Å²) in [6, 6.07) is 2.02. The molecule has 0 radical (unpaired) electrons. The molecule has 2 aromatic rings. The molecule has 1 unspecified atom stereocenters. The predicted octanol–water partition coefficient (Wildman–Crippen LogP) is 3.67. The van der Waals surface area contributed by atoms with Gasteiger partial charge in [0.25, 0.3) is 0 Å². The molecule has 19 heavy (non-hydrogen) atoms. The highest BCUT2D eigenvalue weighted by atomic mass is 32.1. The van der Waals surface area contributed by atoms with Crippen molar-refractivity contribution >= 4 is 23.1 Å². The summed E-state index contributed by atoms with van der Waals surface area (Å²) in [5, 5.41) is 10.1. The molecule has 0 aliphatic carbocycles. The SMILES string of the molecule is CCCNc1ncc(F)c(NC(C)c2ccsc2)n1. The van der Waals surface area contributed by atoms with Crippen LogP contribution in [0.3, 0.4) is 0 Å². The van der Waals surface area contributed by atoms with Gasteiger partial charge in [-0.3, -0.25) is 0 Å². The zero-order chi connectivity index (χ0) is 13.7. The van der Waals surface area contributed by atoms with E-state index < -0.39 is 5.82 Å². The number of nitrogens with one attached hydrogen (secondary N) is 2. The minimum absolute atomic E-state index is 0.00896. The maximum atomic E-state index is 13.7. The lowest BCUT2D eigenvalue weighted by atomic mass is 10.2. The van der Waals surface area contributed by atoms with Gasteiger partial charge >= 0.3 is 0 Å². The largest absolute Gasteiger partial charge is 0.361 e. The molecule has 0 spiro atoms. The summed E-state index contributed by atoms with van der Waals surface area (Å²) in [6.45, 7) is 4.79. The normalized spacial score (nSPS) is 12.2. The van der Waals surface area contributed by atoms with Gasteiger partial charge in [0.2, 0.25) is 5.95 Å². The lowest BCUT2D eigenvalue weighted by Crippen LogP contribution is -2.11. The third-order valence-electron chi connectivity index (χ3n) is 2.67. The zero-order valence-electron chi connectivity index (χ0n) is 11.0. The number of rotatable bonds is 6. The van der Waals surface area contributed by atoms with E-state index in [-0.39, 0.29) is 11.9 Å². The van der Waals surface area contributed by atoms with Gasteiger partial charge in [0.15, 0.2) is 11.6 Å². The first-order chi connectivity index (χ1) is 9.20. The van der Waals surface area contributed by atoms with Crippen molar-refractivity contribution in [3.05, 3.63) is 34.4 Å². The van der Waals surface area contributed by atoms with Gasteiger partial charge in [-0.15, -0.1) is 0 Å². The van der Waals surface area contributed by atoms with E-state index in [1.165, 1.54) is 6.20 Å². The molecule has 2 rings (SSSR count). The van der Waals surface area contributed by atoms with Gasteiger partial charge in [-0.25, -0.2) is 9.37 Å². The third-order valence-corrected chi connectivity index (χ3v) is 3.38. The molecule has 0 fully saturated rings. The molecule has 0 saturated carbocycles. The highest BCUT2D eigenvalue weighted by Crippen LogP contribution is 2.22. The van der Waals surface area contributed by atoms with Crippen LogP contribution in [0.1, 0.15) is 31.9 Å². The minimum atomic E-state index is -0.441. The number of aromatic nitrogens is 2. The molecule has 1 atom stereocenters. The summed E-state index contributed by atoms with van der Waals surface area (Å²) in [5.74, 6) is 0.236. The number of anilines is 2. The van der Waals surface area contributed by atoms with Crippen LogP contribution < -0.4 is 10.6 Å². The van der Waals surface area contributed by atoms with E-state index in [0.29, 0.717) is 5.95 Å². The second-order valence-corrected chi connectivity index (χ2v) is 5.02. The van der Waals surface area contributed by atoms with Gasteiger partial charge in [-0.1, -0.05) is 6.92 Å². The summed E-state index contributed by atoms with van der Waals surface area (Å²) >= 11 is 1.62. The zero-order valence-corrected chi connectivity index (χ0v) is 11.8. The van der Waals surface area contributed by atoms with Crippen LogP contribution in [-0.4, -0.2) is 16.5 Å². The molecule has 0 aliphatic rings. The summed E-state index contributed by atoms with van der Waals surface area (Å²) in [6.07, 6.45) is 2.16. The van der Waals surface area contributed by atoms with Crippen molar-refractivity contribution in [3.8, 4) is 0 Å². The molecule has 2 N–H and O–H groups in total. The Balaban J connectivity index is 2.10. The molecule has 102 valence electrons. The van der Waals surface area contributed by atoms with Crippen LogP contribution >= 0.6 is 11.3 Å². The van der Waals surface area contributed by atoms with Gasteiger partial charge < -0.3 is 10.6 Å². The van der Waals surface area contributed by atoms with Crippen LogP contribution in [0.5, 0.6) is 0 Å². The first-order valence-electron chi connectivity index (χ1n) is 6.25. The van der Waals surface area contributed by atoms with E-state index in [2.05, 4.69) is 20.6 Å². The van der Waals surface area contributed by atoms with Gasteiger partial charge in [0, 0.05) is 6.54 Å². The summed E-state index contributed by atoms with van der Waals surface area (Å²) in [7, 11) is 0. The van der Waals surface area contributed by atoms with Gasteiger partial charge in [0.05, 0.1) is 12.2 Å². The fourth-order valence-electron chi connectivity index (χ4n) is 1.60. The molecule has 2 aromatic heterocycles. The Bertz CT molecular complexity index is 515. The molecule has 4 nitrogen and oxygen atoms in total. The Kier molecular flexibility index (Phi) is 4.68. The number of nitrogens with zero attached hydrogens (tertiary/aromatic N) is 2. The van der Waals surface area contributed by atoms with Crippen LogP contribution in [0.25, 0.3) is 0 Å².